The molecule has 0 spiro atoms. The van der Waals surface area contributed by atoms with Gasteiger partial charge in [-0.1, -0.05) is 54.4 Å². The minimum atomic E-state index is 0.260. The molecule has 1 saturated carbocycles. The van der Waals surface area contributed by atoms with Gasteiger partial charge < -0.3 is 0 Å². The fourth-order valence-corrected chi connectivity index (χ4v) is 3.63. The molecule has 18 heavy (non-hydrogen) atoms. The van der Waals surface area contributed by atoms with E-state index >= 15 is 0 Å². The van der Waals surface area contributed by atoms with Crippen molar-refractivity contribution in [3.63, 3.8) is 0 Å². The van der Waals surface area contributed by atoms with Gasteiger partial charge in [0, 0.05) is 10.5 Å². The molecule has 1 aliphatic carbocycles. The summed E-state index contributed by atoms with van der Waals surface area (Å²) in [5.74, 6) is 8.09. The fourth-order valence-electron chi connectivity index (χ4n) is 3.10. The lowest BCUT2D eigenvalue weighted by Gasteiger charge is -2.37. The molecule has 2 nitrogen and oxygen atoms in total. The van der Waals surface area contributed by atoms with E-state index in [0.29, 0.717) is 5.92 Å². The van der Waals surface area contributed by atoms with Crippen molar-refractivity contribution in [1.29, 1.82) is 0 Å². The van der Waals surface area contributed by atoms with Crippen LogP contribution in [-0.2, 0) is 0 Å². The molecule has 0 amide bonds. The molecule has 100 valence electrons. The summed E-state index contributed by atoms with van der Waals surface area (Å²) in [7, 11) is 0. The van der Waals surface area contributed by atoms with Gasteiger partial charge in [0.05, 0.1) is 0 Å². The second kappa shape index (κ2) is 6.18. The highest BCUT2D eigenvalue weighted by Gasteiger charge is 2.31. The zero-order valence-corrected chi connectivity index (χ0v) is 12.8. The maximum atomic E-state index is 5.81. The Morgan fingerprint density at radius 2 is 1.94 bits per heavy atom. The van der Waals surface area contributed by atoms with Crippen molar-refractivity contribution in [2.45, 2.75) is 39.2 Å². The maximum Gasteiger partial charge on any atom is 0.0499 e. The number of nitrogens with one attached hydrogen (secondary N) is 1. The summed E-state index contributed by atoms with van der Waals surface area (Å²) >= 11 is 3.64. The molecule has 2 rings (SSSR count). The summed E-state index contributed by atoms with van der Waals surface area (Å²) in [4.78, 5) is 0. The first-order valence-corrected chi connectivity index (χ1v) is 7.63. The van der Waals surface area contributed by atoms with Gasteiger partial charge in [-0.3, -0.25) is 11.3 Å². The maximum absolute atomic E-state index is 5.81. The van der Waals surface area contributed by atoms with E-state index in [9.17, 15) is 0 Å². The molecule has 3 heteroatoms. The molecule has 1 aliphatic rings. The van der Waals surface area contributed by atoms with Crippen LogP contribution in [-0.4, -0.2) is 0 Å². The molecule has 0 radical (unpaired) electrons. The fraction of sp³-hybridized carbons (Fsp3) is 0.600. The van der Waals surface area contributed by atoms with Crippen LogP contribution in [0.5, 0.6) is 0 Å². The van der Waals surface area contributed by atoms with Crippen LogP contribution in [0.25, 0.3) is 0 Å². The number of benzene rings is 1. The van der Waals surface area contributed by atoms with E-state index in [2.05, 4.69) is 53.4 Å². The van der Waals surface area contributed by atoms with Gasteiger partial charge in [0.2, 0.25) is 0 Å². The number of hydrogen-bond acceptors (Lipinski definition) is 2. The Labute approximate surface area is 118 Å². The molecule has 4 unspecified atom stereocenters. The Morgan fingerprint density at radius 3 is 2.56 bits per heavy atom. The van der Waals surface area contributed by atoms with Crippen LogP contribution in [0.4, 0.5) is 0 Å². The van der Waals surface area contributed by atoms with Gasteiger partial charge in [-0.15, -0.1) is 0 Å². The summed E-state index contributed by atoms with van der Waals surface area (Å²) in [5.41, 5.74) is 4.32. The molecule has 4 atom stereocenters. The van der Waals surface area contributed by atoms with E-state index in [1.807, 2.05) is 6.07 Å². The Kier molecular flexibility index (Phi) is 4.82. The van der Waals surface area contributed by atoms with Gasteiger partial charge >= 0.3 is 0 Å². The predicted octanol–water partition coefficient (Wildman–Crippen LogP) is 4.03. The second-order valence-electron chi connectivity index (χ2n) is 5.69. The van der Waals surface area contributed by atoms with Gasteiger partial charge in [-0.05, 0) is 42.2 Å². The van der Waals surface area contributed by atoms with Crippen LogP contribution < -0.4 is 11.3 Å². The van der Waals surface area contributed by atoms with Gasteiger partial charge in [0.1, 0.15) is 0 Å². The quantitative estimate of drug-likeness (QED) is 0.653. The Balaban J connectivity index is 2.17. The summed E-state index contributed by atoms with van der Waals surface area (Å²) in [6, 6.07) is 8.65. The molecule has 0 aromatic heterocycles. The second-order valence-corrected chi connectivity index (χ2v) is 6.55. The van der Waals surface area contributed by atoms with Crippen LogP contribution >= 0.6 is 15.9 Å². The van der Waals surface area contributed by atoms with Crippen molar-refractivity contribution >= 4 is 15.9 Å². The summed E-state index contributed by atoms with van der Waals surface area (Å²) in [5, 5.41) is 0. The third-order valence-corrected chi connectivity index (χ3v) is 5.25. The summed E-state index contributed by atoms with van der Waals surface area (Å²) in [6.07, 6.45) is 3.84. The van der Waals surface area contributed by atoms with Crippen molar-refractivity contribution in [2.24, 2.45) is 23.6 Å². The van der Waals surface area contributed by atoms with E-state index < -0.39 is 0 Å². The molecule has 0 saturated heterocycles. The van der Waals surface area contributed by atoms with E-state index in [-0.39, 0.29) is 6.04 Å². The van der Waals surface area contributed by atoms with Gasteiger partial charge in [-0.2, -0.15) is 0 Å². The molecule has 1 aromatic rings. The predicted molar refractivity (Wildman–Crippen MR) is 79.9 cm³/mol. The Bertz CT molecular complexity index is 394. The number of rotatable bonds is 3. The minimum absolute atomic E-state index is 0.260. The lowest BCUT2D eigenvalue weighted by atomic mass is 9.72. The monoisotopic (exact) mass is 310 g/mol. The minimum Gasteiger partial charge on any atom is -0.271 e. The van der Waals surface area contributed by atoms with Crippen LogP contribution in [0.15, 0.2) is 28.7 Å². The zero-order valence-electron chi connectivity index (χ0n) is 11.2. The lowest BCUT2D eigenvalue weighted by molar-refractivity contribution is 0.171. The van der Waals surface area contributed by atoms with Crippen molar-refractivity contribution in [3.05, 3.63) is 34.3 Å². The largest absolute Gasteiger partial charge is 0.271 e. The Morgan fingerprint density at radius 1 is 1.22 bits per heavy atom. The van der Waals surface area contributed by atoms with Gasteiger partial charge in [0.15, 0.2) is 0 Å². The van der Waals surface area contributed by atoms with Crippen molar-refractivity contribution in [2.75, 3.05) is 0 Å². The molecular weight excluding hydrogens is 288 g/mol. The number of nitrogens with two attached hydrogens (primary N) is 1. The zero-order chi connectivity index (χ0) is 13.1. The van der Waals surface area contributed by atoms with E-state index in [1.54, 1.807) is 0 Å². The highest BCUT2D eigenvalue weighted by molar-refractivity contribution is 9.10. The first-order chi connectivity index (χ1) is 8.63. The molecule has 1 aromatic carbocycles. The normalized spacial score (nSPS) is 30.1. The van der Waals surface area contributed by atoms with Gasteiger partial charge in [-0.25, -0.2) is 0 Å². The van der Waals surface area contributed by atoms with Crippen LogP contribution in [0.1, 0.15) is 44.7 Å². The van der Waals surface area contributed by atoms with Crippen LogP contribution in [0.2, 0.25) is 0 Å². The average molecular weight is 311 g/mol. The van der Waals surface area contributed by atoms with E-state index in [1.165, 1.54) is 24.8 Å². The highest BCUT2D eigenvalue weighted by atomic mass is 79.9. The average Bonchev–Trinajstić information content (AvgIpc) is 2.37. The Hall–Kier alpha value is -0.380. The summed E-state index contributed by atoms with van der Waals surface area (Å²) in [6.45, 7) is 4.73. The van der Waals surface area contributed by atoms with Crippen LogP contribution in [0, 0.1) is 17.8 Å². The molecule has 1 fully saturated rings. The third kappa shape index (κ3) is 2.95. The number of halogens is 1. The smallest absolute Gasteiger partial charge is 0.0499 e. The number of hydrazine groups is 1. The topological polar surface area (TPSA) is 38.0 Å². The molecule has 0 heterocycles. The number of hydrogen-bond donors (Lipinski definition) is 2. The molecule has 3 N–H and O–H groups in total. The van der Waals surface area contributed by atoms with Gasteiger partial charge in [0.25, 0.3) is 0 Å². The van der Waals surface area contributed by atoms with E-state index in [0.717, 1.165) is 16.3 Å². The van der Waals surface area contributed by atoms with Crippen LogP contribution in [0.3, 0.4) is 0 Å². The van der Waals surface area contributed by atoms with Crippen molar-refractivity contribution in [1.82, 2.24) is 5.43 Å². The molecule has 0 aliphatic heterocycles. The first-order valence-electron chi connectivity index (χ1n) is 6.84. The highest BCUT2D eigenvalue weighted by Crippen LogP contribution is 2.40. The third-order valence-electron chi connectivity index (χ3n) is 4.53. The summed E-state index contributed by atoms with van der Waals surface area (Å²) < 4.78 is 1.15. The lowest BCUT2D eigenvalue weighted by Crippen LogP contribution is -2.37. The van der Waals surface area contributed by atoms with E-state index in [4.69, 9.17) is 5.84 Å². The SMILES string of the molecule is CC1CCC(C(NN)c2ccccc2Br)CC1C. The van der Waals surface area contributed by atoms with Crippen molar-refractivity contribution in [3.8, 4) is 0 Å². The van der Waals surface area contributed by atoms with Crippen molar-refractivity contribution < 1.29 is 0 Å². The standard InChI is InChI=1S/C15H23BrN2/c1-10-7-8-12(9-11(10)2)15(18-17)13-5-3-4-6-14(13)16/h3-6,10-12,15,18H,7-9,17H2,1-2H3. The molecular formula is C15H23BrN2. The first kappa shape index (κ1) is 14.0. The molecule has 0 bridgehead atoms.